The molecule has 4 nitrogen and oxygen atoms in total. The molecule has 1 aromatic heterocycles. The fourth-order valence-electron chi connectivity index (χ4n) is 2.34. The van der Waals surface area contributed by atoms with E-state index in [9.17, 15) is 4.79 Å². The van der Waals surface area contributed by atoms with Crippen LogP contribution in [-0.2, 0) is 9.53 Å². The van der Waals surface area contributed by atoms with Gasteiger partial charge in [0.1, 0.15) is 19.0 Å². The highest BCUT2D eigenvalue weighted by atomic mass is 32.1. The zero-order valence-electron chi connectivity index (χ0n) is 14.2. The van der Waals surface area contributed by atoms with Crippen molar-refractivity contribution < 1.29 is 14.3 Å². The number of carbonyl (C=O) groups excluding carboxylic acids is 1. The van der Waals surface area contributed by atoms with Crippen LogP contribution in [0.15, 0.2) is 47.8 Å². The lowest BCUT2D eigenvalue weighted by molar-refractivity contribution is -0.126. The summed E-state index contributed by atoms with van der Waals surface area (Å²) < 4.78 is 10.9. The summed E-state index contributed by atoms with van der Waals surface area (Å²) in [5, 5.41) is 5.10. The van der Waals surface area contributed by atoms with E-state index in [1.165, 1.54) is 4.88 Å². The molecule has 1 atom stereocenters. The Hall–Kier alpha value is -1.85. The maximum atomic E-state index is 12.1. The summed E-state index contributed by atoms with van der Waals surface area (Å²) in [5.41, 5.74) is 0. The van der Waals surface area contributed by atoms with E-state index in [1.54, 1.807) is 11.3 Å². The number of ether oxygens (including phenoxy) is 2. The first-order valence-corrected chi connectivity index (χ1v) is 9.11. The molecular weight excluding hydrogens is 322 g/mol. The van der Waals surface area contributed by atoms with Crippen LogP contribution in [0.1, 0.15) is 31.2 Å². The fourth-order valence-corrected chi connectivity index (χ4v) is 3.13. The molecule has 2 rings (SSSR count). The molecule has 0 unspecified atom stereocenters. The van der Waals surface area contributed by atoms with Crippen LogP contribution in [0.5, 0.6) is 5.75 Å². The molecule has 130 valence electrons. The number of nitrogens with one attached hydrogen (secondary N) is 1. The molecule has 0 radical (unpaired) electrons. The van der Waals surface area contributed by atoms with E-state index in [2.05, 4.69) is 25.2 Å². The Balaban J connectivity index is 1.67. The van der Waals surface area contributed by atoms with Gasteiger partial charge in [-0.25, -0.2) is 0 Å². The number of para-hydroxylation sites is 1. The molecule has 1 amide bonds. The number of amides is 1. The highest BCUT2D eigenvalue weighted by Crippen LogP contribution is 2.25. The first-order chi connectivity index (χ1) is 11.6. The van der Waals surface area contributed by atoms with Crippen molar-refractivity contribution in [3.63, 3.8) is 0 Å². The van der Waals surface area contributed by atoms with Gasteiger partial charge in [0.25, 0.3) is 0 Å². The summed E-state index contributed by atoms with van der Waals surface area (Å²) in [5.74, 6) is 1.23. The van der Waals surface area contributed by atoms with Crippen molar-refractivity contribution in [2.45, 2.75) is 26.3 Å². The third kappa shape index (κ3) is 6.72. The average molecular weight is 347 g/mol. The van der Waals surface area contributed by atoms with Gasteiger partial charge >= 0.3 is 0 Å². The Kier molecular flexibility index (Phi) is 7.79. The summed E-state index contributed by atoms with van der Waals surface area (Å²) in [4.78, 5) is 13.3. The van der Waals surface area contributed by atoms with Gasteiger partial charge in [0, 0.05) is 4.88 Å². The van der Waals surface area contributed by atoms with E-state index in [0.29, 0.717) is 19.1 Å². The second-order valence-electron chi connectivity index (χ2n) is 5.98. The zero-order chi connectivity index (χ0) is 17.2. The van der Waals surface area contributed by atoms with Crippen LogP contribution in [0.2, 0.25) is 0 Å². The molecule has 0 aliphatic carbocycles. The number of hydrogen-bond donors (Lipinski definition) is 1. The van der Waals surface area contributed by atoms with Crippen molar-refractivity contribution in [1.82, 2.24) is 5.32 Å². The summed E-state index contributed by atoms with van der Waals surface area (Å²) >= 11 is 1.67. The lowest BCUT2D eigenvalue weighted by Crippen LogP contribution is -2.32. The number of thiophene rings is 1. The molecule has 1 heterocycles. The average Bonchev–Trinajstić information content (AvgIpc) is 3.09. The van der Waals surface area contributed by atoms with Crippen LogP contribution in [0.25, 0.3) is 0 Å². The highest BCUT2D eigenvalue weighted by Gasteiger charge is 2.17. The second kappa shape index (κ2) is 10.1. The maximum absolute atomic E-state index is 12.1. The topological polar surface area (TPSA) is 47.6 Å². The van der Waals surface area contributed by atoms with Crippen molar-refractivity contribution in [2.75, 3.05) is 19.8 Å². The Morgan fingerprint density at radius 1 is 1.12 bits per heavy atom. The summed E-state index contributed by atoms with van der Waals surface area (Å²) in [6.07, 6.45) is 0.920. The van der Waals surface area contributed by atoms with Gasteiger partial charge in [0.05, 0.1) is 12.6 Å². The lowest BCUT2D eigenvalue weighted by atomic mass is 10.0. The van der Waals surface area contributed by atoms with Gasteiger partial charge in [0.15, 0.2) is 0 Å². The van der Waals surface area contributed by atoms with Gasteiger partial charge in [-0.3, -0.25) is 4.79 Å². The van der Waals surface area contributed by atoms with Crippen molar-refractivity contribution in [2.24, 2.45) is 5.92 Å². The quantitative estimate of drug-likeness (QED) is 0.660. The van der Waals surface area contributed by atoms with Gasteiger partial charge in [0.2, 0.25) is 5.91 Å². The smallest absolute Gasteiger partial charge is 0.246 e. The molecule has 0 spiro atoms. The van der Waals surface area contributed by atoms with E-state index in [4.69, 9.17) is 9.47 Å². The third-order valence-corrected chi connectivity index (χ3v) is 4.39. The van der Waals surface area contributed by atoms with E-state index >= 15 is 0 Å². The summed E-state index contributed by atoms with van der Waals surface area (Å²) in [6, 6.07) is 13.7. The molecule has 2 aromatic rings. The van der Waals surface area contributed by atoms with Gasteiger partial charge in [-0.15, -0.1) is 11.3 Å². The van der Waals surface area contributed by atoms with Crippen molar-refractivity contribution in [1.29, 1.82) is 0 Å². The molecule has 0 saturated heterocycles. The van der Waals surface area contributed by atoms with Crippen LogP contribution in [-0.4, -0.2) is 25.7 Å². The lowest BCUT2D eigenvalue weighted by Gasteiger charge is -2.19. The standard InChI is InChI=1S/C19H25NO3S/c1-15(2)13-17(18-9-6-12-24-18)20-19(21)14-22-10-11-23-16-7-4-3-5-8-16/h3-9,12,15,17H,10-11,13-14H2,1-2H3,(H,20,21)/t17-/m0/s1. The summed E-state index contributed by atoms with van der Waals surface area (Å²) in [6.45, 7) is 5.18. The van der Waals surface area contributed by atoms with E-state index < -0.39 is 0 Å². The molecule has 1 N–H and O–H groups in total. The second-order valence-corrected chi connectivity index (χ2v) is 6.96. The molecular formula is C19H25NO3S. The van der Waals surface area contributed by atoms with E-state index in [1.807, 2.05) is 41.8 Å². The van der Waals surface area contributed by atoms with Crippen molar-refractivity contribution in [3.8, 4) is 5.75 Å². The van der Waals surface area contributed by atoms with Crippen LogP contribution >= 0.6 is 11.3 Å². The molecule has 5 heteroatoms. The number of benzene rings is 1. The molecule has 24 heavy (non-hydrogen) atoms. The molecule has 1 aromatic carbocycles. The number of rotatable bonds is 10. The van der Waals surface area contributed by atoms with Gasteiger partial charge in [-0.05, 0) is 35.9 Å². The zero-order valence-corrected chi connectivity index (χ0v) is 15.1. The highest BCUT2D eigenvalue weighted by molar-refractivity contribution is 7.10. The minimum Gasteiger partial charge on any atom is -0.491 e. The molecule has 0 saturated carbocycles. The maximum Gasteiger partial charge on any atom is 0.246 e. The molecule has 0 aliphatic heterocycles. The molecule has 0 fully saturated rings. The Morgan fingerprint density at radius 3 is 2.58 bits per heavy atom. The predicted molar refractivity (Wildman–Crippen MR) is 97.4 cm³/mol. The minimum absolute atomic E-state index is 0.0537. The van der Waals surface area contributed by atoms with Gasteiger partial charge in [-0.1, -0.05) is 38.1 Å². The Bertz CT molecular complexity index is 584. The fraction of sp³-hybridized carbons (Fsp3) is 0.421. The largest absolute Gasteiger partial charge is 0.491 e. The van der Waals surface area contributed by atoms with Gasteiger partial charge < -0.3 is 14.8 Å². The van der Waals surface area contributed by atoms with Crippen molar-refractivity contribution in [3.05, 3.63) is 52.7 Å². The van der Waals surface area contributed by atoms with E-state index in [0.717, 1.165) is 12.2 Å². The minimum atomic E-state index is -0.0891. The monoisotopic (exact) mass is 347 g/mol. The van der Waals surface area contributed by atoms with E-state index in [-0.39, 0.29) is 18.6 Å². The van der Waals surface area contributed by atoms with Crippen LogP contribution < -0.4 is 10.1 Å². The first-order valence-electron chi connectivity index (χ1n) is 8.23. The van der Waals surface area contributed by atoms with Crippen LogP contribution in [0, 0.1) is 5.92 Å². The number of carbonyl (C=O) groups is 1. The predicted octanol–water partition coefficient (Wildman–Crippen LogP) is 4.05. The van der Waals surface area contributed by atoms with Crippen LogP contribution in [0.4, 0.5) is 0 Å². The molecule has 0 bridgehead atoms. The molecule has 0 aliphatic rings. The Morgan fingerprint density at radius 2 is 1.92 bits per heavy atom. The normalized spacial score (nSPS) is 12.1. The van der Waals surface area contributed by atoms with Gasteiger partial charge in [-0.2, -0.15) is 0 Å². The van der Waals surface area contributed by atoms with Crippen LogP contribution in [0.3, 0.4) is 0 Å². The Labute approximate surface area is 147 Å². The first kappa shape index (κ1) is 18.5. The number of hydrogen-bond acceptors (Lipinski definition) is 4. The third-order valence-electron chi connectivity index (χ3n) is 3.40. The SMILES string of the molecule is CC(C)C[C@H](NC(=O)COCCOc1ccccc1)c1cccs1. The van der Waals surface area contributed by atoms with Crippen molar-refractivity contribution >= 4 is 17.2 Å². The summed E-state index contributed by atoms with van der Waals surface area (Å²) in [7, 11) is 0.